The molecule has 0 saturated heterocycles. The van der Waals surface area contributed by atoms with E-state index < -0.39 is 40.8 Å². The van der Waals surface area contributed by atoms with E-state index in [4.69, 9.17) is 5.11 Å². The second kappa shape index (κ2) is 5.89. The van der Waals surface area contributed by atoms with Crippen LogP contribution in [-0.2, 0) is 4.74 Å². The van der Waals surface area contributed by atoms with E-state index in [-0.39, 0.29) is 12.7 Å². The number of ether oxygens (including phenoxy) is 1. The van der Waals surface area contributed by atoms with Crippen LogP contribution in [0, 0.1) is 17.5 Å². The van der Waals surface area contributed by atoms with E-state index in [1.807, 2.05) is 0 Å². The van der Waals surface area contributed by atoms with Crippen molar-refractivity contribution in [2.75, 3.05) is 11.9 Å². The van der Waals surface area contributed by atoms with Crippen LogP contribution >= 0.6 is 0 Å². The maximum Gasteiger partial charge on any atom is 0.412 e. The summed E-state index contributed by atoms with van der Waals surface area (Å²) in [6.45, 7) is 3.02. The van der Waals surface area contributed by atoms with E-state index in [1.165, 1.54) is 6.08 Å². The van der Waals surface area contributed by atoms with Crippen LogP contribution in [0.5, 0.6) is 0 Å². The van der Waals surface area contributed by atoms with Crippen LogP contribution in [0.2, 0.25) is 0 Å². The number of hydrogen-bond donors (Lipinski definition) is 2. The molecule has 1 amide bonds. The van der Waals surface area contributed by atoms with Crippen molar-refractivity contribution in [1.82, 2.24) is 0 Å². The minimum absolute atomic E-state index is 0.217. The molecule has 19 heavy (non-hydrogen) atoms. The first kappa shape index (κ1) is 14.6. The van der Waals surface area contributed by atoms with Crippen LogP contribution in [0.3, 0.4) is 0 Å². The molecule has 2 N–H and O–H groups in total. The lowest BCUT2D eigenvalue weighted by molar-refractivity contribution is 0.0690. The molecule has 0 aromatic heterocycles. The molecule has 0 fully saturated rings. The molecule has 0 aliphatic heterocycles. The minimum Gasteiger partial charge on any atom is -0.478 e. The molecular formula is C11H8F3NO4. The van der Waals surface area contributed by atoms with Gasteiger partial charge in [-0.05, 0) is 6.07 Å². The van der Waals surface area contributed by atoms with Gasteiger partial charge in [0, 0.05) is 0 Å². The van der Waals surface area contributed by atoms with Crippen molar-refractivity contribution in [3.8, 4) is 0 Å². The van der Waals surface area contributed by atoms with Crippen LogP contribution in [-0.4, -0.2) is 23.8 Å². The number of benzene rings is 1. The minimum atomic E-state index is -1.84. The SMILES string of the molecule is C=CCOC(=O)Nc1c(F)cc(C(=O)O)c(F)c1F. The van der Waals surface area contributed by atoms with Crippen LogP contribution in [0.4, 0.5) is 23.7 Å². The third-order valence-corrected chi connectivity index (χ3v) is 1.95. The van der Waals surface area contributed by atoms with E-state index in [1.54, 1.807) is 5.32 Å². The molecule has 0 aliphatic carbocycles. The Morgan fingerprint density at radius 1 is 1.37 bits per heavy atom. The van der Waals surface area contributed by atoms with Gasteiger partial charge in [0.05, 0.1) is 0 Å². The number of nitrogens with one attached hydrogen (secondary N) is 1. The van der Waals surface area contributed by atoms with Gasteiger partial charge in [0.25, 0.3) is 0 Å². The smallest absolute Gasteiger partial charge is 0.412 e. The van der Waals surface area contributed by atoms with Gasteiger partial charge in [0.15, 0.2) is 17.5 Å². The number of aromatic carboxylic acids is 1. The van der Waals surface area contributed by atoms with E-state index in [9.17, 15) is 22.8 Å². The second-order valence-electron chi connectivity index (χ2n) is 3.23. The van der Waals surface area contributed by atoms with Gasteiger partial charge < -0.3 is 9.84 Å². The van der Waals surface area contributed by atoms with Crippen LogP contribution in [0.15, 0.2) is 18.7 Å². The van der Waals surface area contributed by atoms with Gasteiger partial charge >= 0.3 is 12.1 Å². The summed E-state index contributed by atoms with van der Waals surface area (Å²) in [5.41, 5.74) is -2.31. The molecule has 1 aromatic carbocycles. The Morgan fingerprint density at radius 3 is 2.53 bits per heavy atom. The number of rotatable bonds is 4. The van der Waals surface area contributed by atoms with E-state index in [0.29, 0.717) is 0 Å². The number of hydrogen-bond acceptors (Lipinski definition) is 3. The average Bonchev–Trinajstić information content (AvgIpc) is 2.36. The fourth-order valence-corrected chi connectivity index (χ4v) is 1.14. The Balaban J connectivity index is 3.09. The van der Waals surface area contributed by atoms with Gasteiger partial charge in [0.1, 0.15) is 17.9 Å². The topological polar surface area (TPSA) is 75.6 Å². The number of carbonyl (C=O) groups excluding carboxylic acids is 1. The Hall–Kier alpha value is -2.51. The lowest BCUT2D eigenvalue weighted by Gasteiger charge is -2.09. The summed E-state index contributed by atoms with van der Waals surface area (Å²) in [4.78, 5) is 21.6. The molecule has 1 rings (SSSR count). The largest absolute Gasteiger partial charge is 0.478 e. The Kier molecular flexibility index (Phi) is 4.51. The van der Waals surface area contributed by atoms with Crippen molar-refractivity contribution in [1.29, 1.82) is 0 Å². The Bertz CT molecular complexity index is 545. The summed E-state index contributed by atoms with van der Waals surface area (Å²) in [6, 6.07) is 0.254. The number of carboxylic acids is 1. The third kappa shape index (κ3) is 3.24. The second-order valence-corrected chi connectivity index (χ2v) is 3.23. The van der Waals surface area contributed by atoms with Crippen LogP contribution in [0.1, 0.15) is 10.4 Å². The number of amides is 1. The molecule has 8 heteroatoms. The van der Waals surface area contributed by atoms with E-state index in [0.717, 1.165) is 0 Å². The maximum absolute atomic E-state index is 13.4. The zero-order valence-corrected chi connectivity index (χ0v) is 9.37. The summed E-state index contributed by atoms with van der Waals surface area (Å²) in [6.07, 6.45) is -0.0272. The highest BCUT2D eigenvalue weighted by atomic mass is 19.2. The third-order valence-electron chi connectivity index (χ3n) is 1.95. The lowest BCUT2D eigenvalue weighted by atomic mass is 10.1. The molecule has 0 atom stereocenters. The number of carbonyl (C=O) groups is 2. The Morgan fingerprint density at radius 2 is 2.00 bits per heavy atom. The van der Waals surface area contributed by atoms with E-state index >= 15 is 0 Å². The van der Waals surface area contributed by atoms with E-state index in [2.05, 4.69) is 11.3 Å². The highest BCUT2D eigenvalue weighted by Gasteiger charge is 2.23. The lowest BCUT2D eigenvalue weighted by Crippen LogP contribution is -2.17. The maximum atomic E-state index is 13.4. The van der Waals surface area contributed by atoms with Crippen molar-refractivity contribution in [2.24, 2.45) is 0 Å². The fraction of sp³-hybridized carbons (Fsp3) is 0.0909. The molecule has 0 radical (unpaired) electrons. The van der Waals surface area contributed by atoms with Crippen molar-refractivity contribution in [2.45, 2.75) is 0 Å². The summed E-state index contributed by atoms with van der Waals surface area (Å²) in [5.74, 6) is -6.89. The first-order valence-corrected chi connectivity index (χ1v) is 4.84. The molecule has 5 nitrogen and oxygen atoms in total. The highest BCUT2D eigenvalue weighted by Crippen LogP contribution is 2.24. The number of anilines is 1. The number of carboxylic acid groups (broad SMARTS) is 1. The predicted molar refractivity (Wildman–Crippen MR) is 58.4 cm³/mol. The monoisotopic (exact) mass is 275 g/mol. The normalized spacial score (nSPS) is 9.84. The van der Waals surface area contributed by atoms with Crippen LogP contribution < -0.4 is 5.32 Å². The molecule has 0 aliphatic rings. The molecule has 102 valence electrons. The van der Waals surface area contributed by atoms with Crippen molar-refractivity contribution < 1.29 is 32.6 Å². The standard InChI is InChI=1S/C11H8F3NO4/c1-2-3-19-11(18)15-9-6(12)4-5(10(16)17)7(13)8(9)14/h2,4H,1,3H2,(H,15,18)(H,16,17). The summed E-state index contributed by atoms with van der Waals surface area (Å²) in [7, 11) is 0. The molecular weight excluding hydrogens is 267 g/mol. The fourth-order valence-electron chi connectivity index (χ4n) is 1.14. The summed E-state index contributed by atoms with van der Waals surface area (Å²) >= 11 is 0. The molecule has 0 unspecified atom stereocenters. The zero-order valence-electron chi connectivity index (χ0n) is 9.37. The summed E-state index contributed by atoms with van der Waals surface area (Å²) < 4.78 is 44.4. The van der Waals surface area contributed by atoms with Crippen molar-refractivity contribution >= 4 is 17.7 Å². The van der Waals surface area contributed by atoms with Crippen molar-refractivity contribution in [3.05, 3.63) is 41.7 Å². The van der Waals surface area contributed by atoms with Gasteiger partial charge in [-0.1, -0.05) is 12.7 Å². The average molecular weight is 275 g/mol. The molecule has 0 heterocycles. The molecule has 1 aromatic rings. The first-order chi connectivity index (χ1) is 8.88. The molecule has 0 bridgehead atoms. The van der Waals surface area contributed by atoms with Gasteiger partial charge in [-0.15, -0.1) is 0 Å². The number of halogens is 3. The first-order valence-electron chi connectivity index (χ1n) is 4.84. The van der Waals surface area contributed by atoms with Gasteiger partial charge in [-0.3, -0.25) is 5.32 Å². The predicted octanol–water partition coefficient (Wildman–Crippen LogP) is 2.54. The van der Waals surface area contributed by atoms with Gasteiger partial charge in [-0.25, -0.2) is 22.8 Å². The quantitative estimate of drug-likeness (QED) is 0.654. The zero-order chi connectivity index (χ0) is 14.6. The van der Waals surface area contributed by atoms with Crippen molar-refractivity contribution in [3.63, 3.8) is 0 Å². The molecule has 0 spiro atoms. The molecule has 0 saturated carbocycles. The van der Waals surface area contributed by atoms with Crippen LogP contribution in [0.25, 0.3) is 0 Å². The van der Waals surface area contributed by atoms with Gasteiger partial charge in [0.2, 0.25) is 0 Å². The summed E-state index contributed by atoms with van der Waals surface area (Å²) in [5, 5.41) is 10.1. The highest BCUT2D eigenvalue weighted by molar-refractivity contribution is 5.90. The van der Waals surface area contributed by atoms with Gasteiger partial charge in [-0.2, -0.15) is 0 Å². The Labute approximate surface area is 105 Å².